The molecule has 1 fully saturated rings. The second kappa shape index (κ2) is 7.57. The lowest BCUT2D eigenvalue weighted by Crippen LogP contribution is -2.46. The van der Waals surface area contributed by atoms with Gasteiger partial charge in [0.2, 0.25) is 0 Å². The lowest BCUT2D eigenvalue weighted by atomic mass is 9.95. The Bertz CT molecular complexity index is 449. The minimum atomic E-state index is -0.393. The van der Waals surface area contributed by atoms with Gasteiger partial charge in [-0.3, -0.25) is 4.90 Å². The van der Waals surface area contributed by atoms with Crippen LogP contribution in [0.3, 0.4) is 0 Å². The molecule has 4 nitrogen and oxygen atoms in total. The third-order valence-electron chi connectivity index (χ3n) is 4.35. The van der Waals surface area contributed by atoms with Crippen LogP contribution in [0.2, 0.25) is 0 Å². The highest BCUT2D eigenvalue weighted by atomic mass is 16.5. The number of benzene rings is 1. The van der Waals surface area contributed by atoms with Gasteiger partial charge in [0.25, 0.3) is 0 Å². The molecule has 0 spiro atoms. The lowest BCUT2D eigenvalue weighted by molar-refractivity contribution is -0.157. The summed E-state index contributed by atoms with van der Waals surface area (Å²) in [5.41, 5.74) is 0.945. The van der Waals surface area contributed by atoms with E-state index in [0.29, 0.717) is 5.92 Å². The van der Waals surface area contributed by atoms with E-state index in [1.165, 1.54) is 0 Å². The van der Waals surface area contributed by atoms with Gasteiger partial charge in [0.1, 0.15) is 12.1 Å². The Labute approximate surface area is 127 Å². The van der Waals surface area contributed by atoms with Crippen LogP contribution in [0.4, 0.5) is 0 Å². The molecule has 0 aromatic heterocycles. The summed E-state index contributed by atoms with van der Waals surface area (Å²) in [7, 11) is 1.79. The molecular formula is C17H26N2O2. The van der Waals surface area contributed by atoms with Crippen molar-refractivity contribution in [2.45, 2.75) is 32.4 Å². The van der Waals surface area contributed by atoms with E-state index < -0.39 is 6.04 Å². The number of hydrogen-bond donors (Lipinski definition) is 1. The van der Waals surface area contributed by atoms with Crippen molar-refractivity contribution in [2.24, 2.45) is 5.92 Å². The van der Waals surface area contributed by atoms with Gasteiger partial charge in [0.05, 0.1) is 0 Å². The fourth-order valence-corrected chi connectivity index (χ4v) is 2.82. The van der Waals surface area contributed by atoms with Gasteiger partial charge in [0, 0.05) is 6.54 Å². The maximum Gasteiger partial charge on any atom is 0.328 e. The van der Waals surface area contributed by atoms with Gasteiger partial charge in [-0.2, -0.15) is 0 Å². The fraction of sp³-hybridized carbons (Fsp3) is 0.588. The molecule has 2 unspecified atom stereocenters. The highest BCUT2D eigenvalue weighted by Gasteiger charge is 2.31. The quantitative estimate of drug-likeness (QED) is 0.844. The van der Waals surface area contributed by atoms with E-state index in [0.717, 1.165) is 31.6 Å². The Hall–Kier alpha value is -1.39. The molecule has 0 bridgehead atoms. The summed E-state index contributed by atoms with van der Waals surface area (Å²) < 4.78 is 5.80. The first-order chi connectivity index (χ1) is 10.2. The molecule has 1 aliphatic heterocycles. The summed E-state index contributed by atoms with van der Waals surface area (Å²) in [4.78, 5) is 14.8. The maximum atomic E-state index is 12.5. The average molecular weight is 290 g/mol. The number of likely N-dealkylation sites (N-methyl/N-ethyl adjacent to an activating group) is 2. The van der Waals surface area contributed by atoms with Crippen molar-refractivity contribution >= 4 is 5.97 Å². The lowest BCUT2D eigenvalue weighted by Gasteiger charge is -2.36. The first-order valence-corrected chi connectivity index (χ1v) is 7.80. The van der Waals surface area contributed by atoms with Crippen LogP contribution in [0.15, 0.2) is 30.3 Å². The number of esters is 1. The number of carbonyl (C=O) groups is 1. The first-order valence-electron chi connectivity index (χ1n) is 7.80. The molecule has 0 aliphatic carbocycles. The Kier molecular flexibility index (Phi) is 5.76. The number of nitrogens with zero attached hydrogens (tertiary/aromatic N) is 1. The zero-order valence-corrected chi connectivity index (χ0v) is 13.2. The Morgan fingerprint density at radius 2 is 2.14 bits per heavy atom. The second-order valence-electron chi connectivity index (χ2n) is 5.77. The average Bonchev–Trinajstić information content (AvgIpc) is 2.51. The second-order valence-corrected chi connectivity index (χ2v) is 5.77. The summed E-state index contributed by atoms with van der Waals surface area (Å²) in [6, 6.07) is 9.33. The molecule has 0 amide bonds. The van der Waals surface area contributed by atoms with Crippen LogP contribution in [0, 0.1) is 5.92 Å². The smallest absolute Gasteiger partial charge is 0.328 e. The predicted octanol–water partition coefficient (Wildman–Crippen LogP) is 2.22. The molecule has 1 heterocycles. The summed E-state index contributed by atoms with van der Waals surface area (Å²) in [5.74, 6) is 0.239. The van der Waals surface area contributed by atoms with Gasteiger partial charge in [-0.1, -0.05) is 44.2 Å². The molecule has 1 aliphatic rings. The van der Waals surface area contributed by atoms with Crippen LogP contribution in [0.1, 0.15) is 31.9 Å². The Morgan fingerprint density at radius 3 is 2.76 bits per heavy atom. The van der Waals surface area contributed by atoms with Gasteiger partial charge in [-0.25, -0.2) is 4.79 Å². The monoisotopic (exact) mass is 290 g/mol. The first kappa shape index (κ1) is 16.0. The summed E-state index contributed by atoms with van der Waals surface area (Å²) >= 11 is 0. The van der Waals surface area contributed by atoms with Crippen molar-refractivity contribution < 1.29 is 9.53 Å². The van der Waals surface area contributed by atoms with Crippen molar-refractivity contribution in [2.75, 3.05) is 26.7 Å². The van der Waals surface area contributed by atoms with E-state index >= 15 is 0 Å². The zero-order valence-electron chi connectivity index (χ0n) is 13.2. The zero-order chi connectivity index (χ0) is 15.2. The van der Waals surface area contributed by atoms with Crippen LogP contribution in [0.25, 0.3) is 0 Å². The molecule has 4 heteroatoms. The molecule has 0 saturated carbocycles. The van der Waals surface area contributed by atoms with Gasteiger partial charge >= 0.3 is 5.97 Å². The minimum Gasteiger partial charge on any atom is -0.459 e. The highest BCUT2D eigenvalue weighted by molar-refractivity contribution is 5.77. The normalized spacial score (nSPS) is 24.5. The van der Waals surface area contributed by atoms with Crippen molar-refractivity contribution in [1.29, 1.82) is 0 Å². The summed E-state index contributed by atoms with van der Waals surface area (Å²) in [6.07, 6.45) is 1.08. The predicted molar refractivity (Wildman–Crippen MR) is 84.0 cm³/mol. The minimum absolute atomic E-state index is 0.00855. The van der Waals surface area contributed by atoms with E-state index in [2.05, 4.69) is 24.1 Å². The van der Waals surface area contributed by atoms with Crippen molar-refractivity contribution in [3.05, 3.63) is 35.9 Å². The van der Waals surface area contributed by atoms with Crippen LogP contribution in [-0.4, -0.2) is 43.7 Å². The molecular weight excluding hydrogens is 264 g/mol. The maximum absolute atomic E-state index is 12.5. The Morgan fingerprint density at radius 1 is 1.43 bits per heavy atom. The molecule has 3 atom stereocenters. The standard InChI is InChI=1S/C17H26N2O2/c1-4-19-11-10-13(2)15(12-19)21-17(20)16(18-3)14-8-6-5-7-9-14/h5-9,13,15-16,18H,4,10-12H2,1-3H3/t13?,15-,16?/m0/s1. The number of rotatable bonds is 5. The number of likely N-dealkylation sites (tertiary alicyclic amines) is 1. The number of carbonyl (C=O) groups excluding carboxylic acids is 1. The van der Waals surface area contributed by atoms with Crippen molar-refractivity contribution in [1.82, 2.24) is 10.2 Å². The van der Waals surface area contributed by atoms with Crippen LogP contribution in [0.5, 0.6) is 0 Å². The van der Waals surface area contributed by atoms with Gasteiger partial charge in [-0.15, -0.1) is 0 Å². The van der Waals surface area contributed by atoms with E-state index in [1.54, 1.807) is 7.05 Å². The van der Waals surface area contributed by atoms with Gasteiger partial charge in [0.15, 0.2) is 0 Å². The van der Waals surface area contributed by atoms with Crippen molar-refractivity contribution in [3.8, 4) is 0 Å². The van der Waals surface area contributed by atoms with Gasteiger partial charge < -0.3 is 10.1 Å². The molecule has 1 aromatic rings. The topological polar surface area (TPSA) is 41.6 Å². The number of nitrogens with one attached hydrogen (secondary N) is 1. The van der Waals surface area contributed by atoms with Crippen LogP contribution >= 0.6 is 0 Å². The van der Waals surface area contributed by atoms with Crippen LogP contribution < -0.4 is 5.32 Å². The van der Waals surface area contributed by atoms with Crippen LogP contribution in [-0.2, 0) is 9.53 Å². The summed E-state index contributed by atoms with van der Waals surface area (Å²) in [5, 5.41) is 3.06. The molecule has 21 heavy (non-hydrogen) atoms. The molecule has 116 valence electrons. The molecule has 1 N–H and O–H groups in total. The van der Waals surface area contributed by atoms with Gasteiger partial charge in [-0.05, 0) is 38.0 Å². The van der Waals surface area contributed by atoms with E-state index in [-0.39, 0.29) is 12.1 Å². The number of piperidine rings is 1. The number of ether oxygens (including phenoxy) is 1. The largest absolute Gasteiger partial charge is 0.459 e. The molecule has 2 rings (SSSR count). The van der Waals surface area contributed by atoms with E-state index in [4.69, 9.17) is 4.74 Å². The van der Waals surface area contributed by atoms with E-state index in [1.807, 2.05) is 30.3 Å². The molecule has 0 radical (unpaired) electrons. The SMILES string of the molecule is CCN1CCC(C)[C@@H](OC(=O)C(NC)c2ccccc2)C1. The van der Waals surface area contributed by atoms with Crippen molar-refractivity contribution in [3.63, 3.8) is 0 Å². The summed E-state index contributed by atoms with van der Waals surface area (Å²) in [6.45, 7) is 7.26. The third kappa shape index (κ3) is 4.05. The highest BCUT2D eigenvalue weighted by Crippen LogP contribution is 2.22. The Balaban J connectivity index is 2.01. The van der Waals surface area contributed by atoms with E-state index in [9.17, 15) is 4.79 Å². The number of hydrogen-bond acceptors (Lipinski definition) is 4. The molecule has 1 saturated heterocycles. The fourth-order valence-electron chi connectivity index (χ4n) is 2.82. The third-order valence-corrected chi connectivity index (χ3v) is 4.35. The molecule has 1 aromatic carbocycles.